The van der Waals surface area contributed by atoms with Gasteiger partial charge in [-0.3, -0.25) is 25.0 Å². The van der Waals surface area contributed by atoms with Crippen molar-refractivity contribution in [2.75, 3.05) is 5.32 Å². The molecule has 0 aliphatic heterocycles. The molecule has 0 aromatic heterocycles. The Morgan fingerprint density at radius 2 is 1.74 bits per heavy atom. The fraction of sp³-hybridized carbons (Fsp3) is 0.0714. The summed E-state index contributed by atoms with van der Waals surface area (Å²) < 4.78 is 13.3. The first-order chi connectivity index (χ1) is 10.8. The van der Waals surface area contributed by atoms with Gasteiger partial charge in [0.25, 0.3) is 11.6 Å². The highest BCUT2D eigenvalue weighted by Gasteiger charge is 2.19. The summed E-state index contributed by atoms with van der Waals surface area (Å²) in [6, 6.07) is 6.84. The maximum Gasteiger partial charge on any atom is 0.305 e. The summed E-state index contributed by atoms with van der Waals surface area (Å²) in [6.45, 7) is 1.46. The fourth-order valence-electron chi connectivity index (χ4n) is 1.94. The van der Waals surface area contributed by atoms with E-state index in [1.165, 1.54) is 25.1 Å². The number of nitro benzene ring substituents is 2. The van der Waals surface area contributed by atoms with Crippen LogP contribution >= 0.6 is 0 Å². The van der Waals surface area contributed by atoms with E-state index < -0.39 is 27.3 Å². The van der Waals surface area contributed by atoms with Crippen LogP contribution in [0.5, 0.6) is 0 Å². The molecule has 0 bridgehead atoms. The quantitative estimate of drug-likeness (QED) is 0.686. The lowest BCUT2D eigenvalue weighted by Gasteiger charge is -2.08. The summed E-state index contributed by atoms with van der Waals surface area (Å²) >= 11 is 0. The zero-order valence-corrected chi connectivity index (χ0v) is 11.8. The molecule has 1 N–H and O–H groups in total. The number of benzene rings is 2. The van der Waals surface area contributed by atoms with Crippen molar-refractivity contribution in [1.29, 1.82) is 0 Å². The third kappa shape index (κ3) is 3.28. The van der Waals surface area contributed by atoms with Crippen LogP contribution in [0.4, 0.5) is 21.5 Å². The van der Waals surface area contributed by atoms with Crippen LogP contribution in [0.2, 0.25) is 0 Å². The van der Waals surface area contributed by atoms with Crippen molar-refractivity contribution < 1.29 is 19.0 Å². The average molecular weight is 319 g/mol. The highest BCUT2D eigenvalue weighted by Crippen LogP contribution is 2.26. The van der Waals surface area contributed by atoms with Crippen LogP contribution in [-0.2, 0) is 0 Å². The molecule has 0 aliphatic carbocycles. The maximum absolute atomic E-state index is 13.3. The molecular weight excluding hydrogens is 309 g/mol. The molecular formula is C14H10FN3O5. The van der Waals surface area contributed by atoms with Crippen molar-refractivity contribution >= 4 is 23.0 Å². The number of halogens is 1. The number of hydrogen-bond acceptors (Lipinski definition) is 5. The molecule has 23 heavy (non-hydrogen) atoms. The van der Waals surface area contributed by atoms with Crippen molar-refractivity contribution in [3.63, 3.8) is 0 Å². The number of nitrogens with zero attached hydrogens (tertiary/aromatic N) is 2. The average Bonchev–Trinajstić information content (AvgIpc) is 2.49. The van der Waals surface area contributed by atoms with E-state index in [2.05, 4.69) is 5.32 Å². The zero-order chi connectivity index (χ0) is 17.1. The van der Waals surface area contributed by atoms with Crippen molar-refractivity contribution in [2.24, 2.45) is 0 Å². The molecule has 118 valence electrons. The molecule has 2 rings (SSSR count). The Balaban J connectivity index is 2.33. The van der Waals surface area contributed by atoms with Crippen LogP contribution in [0.15, 0.2) is 36.4 Å². The summed E-state index contributed by atoms with van der Waals surface area (Å²) in [5, 5.41) is 24.0. The molecule has 0 aliphatic rings. The van der Waals surface area contributed by atoms with Crippen LogP contribution in [0.3, 0.4) is 0 Å². The largest absolute Gasteiger partial charge is 0.321 e. The van der Waals surface area contributed by atoms with Crippen LogP contribution in [0.25, 0.3) is 0 Å². The molecule has 8 nitrogen and oxygen atoms in total. The lowest BCUT2D eigenvalue weighted by atomic mass is 10.1. The van der Waals surface area contributed by atoms with Crippen molar-refractivity contribution in [3.8, 4) is 0 Å². The second kappa shape index (κ2) is 6.18. The predicted octanol–water partition coefficient (Wildman–Crippen LogP) is 3.20. The van der Waals surface area contributed by atoms with Crippen LogP contribution in [0.1, 0.15) is 15.9 Å². The van der Waals surface area contributed by atoms with Gasteiger partial charge in [0.2, 0.25) is 5.82 Å². The Morgan fingerprint density at radius 1 is 1.09 bits per heavy atom. The monoisotopic (exact) mass is 319 g/mol. The van der Waals surface area contributed by atoms with Gasteiger partial charge in [0.1, 0.15) is 0 Å². The summed E-state index contributed by atoms with van der Waals surface area (Å²) in [5.74, 6) is -1.80. The highest BCUT2D eigenvalue weighted by atomic mass is 19.1. The van der Waals surface area contributed by atoms with Crippen LogP contribution in [0, 0.1) is 33.0 Å². The fourth-order valence-corrected chi connectivity index (χ4v) is 1.94. The molecule has 0 saturated heterocycles. The van der Waals surface area contributed by atoms with Gasteiger partial charge in [-0.15, -0.1) is 0 Å². The summed E-state index contributed by atoms with van der Waals surface area (Å²) in [7, 11) is 0. The lowest BCUT2D eigenvalue weighted by molar-refractivity contribution is -0.387. The first kappa shape index (κ1) is 16.0. The smallest absolute Gasteiger partial charge is 0.305 e. The third-order valence-corrected chi connectivity index (χ3v) is 3.16. The maximum atomic E-state index is 13.3. The third-order valence-electron chi connectivity index (χ3n) is 3.16. The number of carbonyl (C=O) groups excluding carboxylic acids is 1. The molecule has 0 fully saturated rings. The Kier molecular flexibility index (Phi) is 4.30. The molecule has 0 saturated carbocycles. The standard InChI is InChI=1S/C14H10FN3O5/c1-8-11(3-2-4-12(8)17(20)21)16-14(19)9-5-6-10(15)13(7-9)18(22)23/h2-7H,1H3,(H,16,19). The number of hydrogen-bond donors (Lipinski definition) is 1. The van der Waals surface area contributed by atoms with E-state index in [4.69, 9.17) is 0 Å². The number of rotatable bonds is 4. The van der Waals surface area contributed by atoms with Gasteiger partial charge in [-0.1, -0.05) is 6.07 Å². The minimum absolute atomic E-state index is 0.135. The molecule has 1 amide bonds. The van der Waals surface area contributed by atoms with Crippen LogP contribution < -0.4 is 5.32 Å². The van der Waals surface area contributed by atoms with E-state index in [1.807, 2.05) is 0 Å². The van der Waals surface area contributed by atoms with Gasteiger partial charge in [-0.05, 0) is 25.1 Å². The number of amides is 1. The van der Waals surface area contributed by atoms with Crippen molar-refractivity contribution in [1.82, 2.24) is 0 Å². The first-order valence-electron chi connectivity index (χ1n) is 6.30. The van der Waals surface area contributed by atoms with Crippen LogP contribution in [-0.4, -0.2) is 15.8 Å². The topological polar surface area (TPSA) is 115 Å². The van der Waals surface area contributed by atoms with Gasteiger partial charge in [0.05, 0.1) is 21.1 Å². The summed E-state index contributed by atoms with van der Waals surface area (Å²) in [4.78, 5) is 32.1. The van der Waals surface area contributed by atoms with Gasteiger partial charge in [-0.2, -0.15) is 4.39 Å². The van der Waals surface area contributed by atoms with E-state index >= 15 is 0 Å². The number of nitro groups is 2. The molecule has 2 aromatic carbocycles. The normalized spacial score (nSPS) is 10.2. The lowest BCUT2D eigenvalue weighted by Crippen LogP contribution is -2.13. The molecule has 2 aromatic rings. The molecule has 0 atom stereocenters. The highest BCUT2D eigenvalue weighted by molar-refractivity contribution is 6.05. The number of nitrogens with one attached hydrogen (secondary N) is 1. The SMILES string of the molecule is Cc1c(NC(=O)c2ccc(F)c([N+](=O)[O-])c2)cccc1[N+](=O)[O-]. The second-order valence-corrected chi connectivity index (χ2v) is 4.58. The molecule has 0 spiro atoms. The molecule has 9 heteroatoms. The van der Waals surface area contributed by atoms with Gasteiger partial charge in [0.15, 0.2) is 0 Å². The van der Waals surface area contributed by atoms with Crippen molar-refractivity contribution in [2.45, 2.75) is 6.92 Å². The number of anilines is 1. The molecule has 0 unspecified atom stereocenters. The van der Waals surface area contributed by atoms with E-state index in [9.17, 15) is 29.4 Å². The van der Waals surface area contributed by atoms with E-state index in [1.54, 1.807) is 0 Å². The van der Waals surface area contributed by atoms with Crippen molar-refractivity contribution in [3.05, 3.63) is 73.6 Å². The minimum atomic E-state index is -1.06. The minimum Gasteiger partial charge on any atom is -0.321 e. The first-order valence-corrected chi connectivity index (χ1v) is 6.30. The summed E-state index contributed by atoms with van der Waals surface area (Å²) in [6.07, 6.45) is 0. The summed E-state index contributed by atoms with van der Waals surface area (Å²) in [5.41, 5.74) is -0.705. The van der Waals surface area contributed by atoms with E-state index in [-0.39, 0.29) is 22.5 Å². The van der Waals surface area contributed by atoms with E-state index in [0.29, 0.717) is 0 Å². The van der Waals surface area contributed by atoms with Gasteiger partial charge >= 0.3 is 5.69 Å². The van der Waals surface area contributed by atoms with Gasteiger partial charge in [0, 0.05) is 17.7 Å². The molecule has 0 heterocycles. The number of carbonyl (C=O) groups is 1. The zero-order valence-electron chi connectivity index (χ0n) is 11.8. The Labute approximate surface area is 128 Å². The predicted molar refractivity (Wildman–Crippen MR) is 78.8 cm³/mol. The van der Waals surface area contributed by atoms with E-state index in [0.717, 1.165) is 18.2 Å². The Morgan fingerprint density at radius 3 is 2.35 bits per heavy atom. The van der Waals surface area contributed by atoms with Gasteiger partial charge in [-0.25, -0.2) is 0 Å². The van der Waals surface area contributed by atoms with Gasteiger partial charge < -0.3 is 5.32 Å². The Hall–Kier alpha value is -3.36. The Bertz CT molecular complexity index is 822. The molecule has 0 radical (unpaired) electrons. The second-order valence-electron chi connectivity index (χ2n) is 4.58.